The minimum absolute atomic E-state index is 0. The summed E-state index contributed by atoms with van der Waals surface area (Å²) in [4.78, 5) is 22.9. The Bertz CT molecular complexity index is 659. The van der Waals surface area contributed by atoms with E-state index in [1.807, 2.05) is 23.1 Å². The van der Waals surface area contributed by atoms with Crippen molar-refractivity contribution in [3.8, 4) is 5.75 Å². The maximum atomic E-state index is 11.6. The Morgan fingerprint density at radius 3 is 2.33 bits per heavy atom. The van der Waals surface area contributed by atoms with Crippen LogP contribution in [0.15, 0.2) is 29.3 Å². The predicted octanol–water partition coefficient (Wildman–Crippen LogP) is 2.65. The molecule has 0 unspecified atom stereocenters. The molecule has 1 aliphatic rings. The summed E-state index contributed by atoms with van der Waals surface area (Å²) in [6.07, 6.45) is 0. The van der Waals surface area contributed by atoms with E-state index in [1.54, 1.807) is 6.92 Å². The van der Waals surface area contributed by atoms with Crippen molar-refractivity contribution < 1.29 is 9.53 Å². The van der Waals surface area contributed by atoms with Gasteiger partial charge in [-0.3, -0.25) is 4.79 Å². The molecule has 1 aromatic rings. The summed E-state index contributed by atoms with van der Waals surface area (Å²) in [5.74, 6) is 1.94. The van der Waals surface area contributed by atoms with Crippen LogP contribution in [-0.2, 0) is 11.3 Å². The third-order valence-corrected chi connectivity index (χ3v) is 5.29. The van der Waals surface area contributed by atoms with Crippen molar-refractivity contribution in [3.63, 3.8) is 0 Å². The van der Waals surface area contributed by atoms with Gasteiger partial charge in [-0.25, -0.2) is 4.99 Å². The van der Waals surface area contributed by atoms with Crippen molar-refractivity contribution in [2.24, 2.45) is 4.99 Å². The zero-order valence-corrected chi connectivity index (χ0v) is 21.2. The molecule has 0 radical (unpaired) electrons. The fourth-order valence-corrected chi connectivity index (χ4v) is 3.42. The van der Waals surface area contributed by atoms with Crippen LogP contribution in [-0.4, -0.2) is 85.5 Å². The van der Waals surface area contributed by atoms with Gasteiger partial charge in [-0.2, -0.15) is 0 Å². The molecule has 30 heavy (non-hydrogen) atoms. The molecule has 0 aromatic heterocycles. The van der Waals surface area contributed by atoms with Crippen molar-refractivity contribution in [2.75, 3.05) is 59.0 Å². The molecule has 0 bridgehead atoms. The van der Waals surface area contributed by atoms with Gasteiger partial charge in [0.1, 0.15) is 12.4 Å². The van der Waals surface area contributed by atoms with Gasteiger partial charge in [-0.15, -0.1) is 24.0 Å². The van der Waals surface area contributed by atoms with E-state index in [9.17, 15) is 4.79 Å². The number of aliphatic imine (C=N–C) groups is 1. The molecule has 1 aromatic carbocycles. The lowest BCUT2D eigenvalue weighted by Gasteiger charge is -2.36. The van der Waals surface area contributed by atoms with E-state index >= 15 is 0 Å². The average molecular weight is 531 g/mol. The van der Waals surface area contributed by atoms with Crippen LogP contribution in [0.5, 0.6) is 5.75 Å². The van der Waals surface area contributed by atoms with Gasteiger partial charge in [0.2, 0.25) is 5.91 Å². The number of carbonyl (C=O) groups excluding carboxylic acids is 1. The lowest BCUT2D eigenvalue weighted by Crippen LogP contribution is -2.53. The Morgan fingerprint density at radius 1 is 1.10 bits per heavy atom. The number of piperazine rings is 1. The quantitative estimate of drug-likeness (QED) is 0.302. The van der Waals surface area contributed by atoms with Crippen molar-refractivity contribution >= 4 is 35.8 Å². The van der Waals surface area contributed by atoms with E-state index in [0.29, 0.717) is 13.2 Å². The third-order valence-electron chi connectivity index (χ3n) is 5.29. The maximum Gasteiger partial charge on any atom is 0.219 e. The Kier molecular flexibility index (Phi) is 12.8. The molecule has 170 valence electrons. The number of rotatable bonds is 9. The van der Waals surface area contributed by atoms with Gasteiger partial charge in [0.05, 0.1) is 6.54 Å². The van der Waals surface area contributed by atoms with Crippen molar-refractivity contribution in [1.82, 2.24) is 20.0 Å². The lowest BCUT2D eigenvalue weighted by atomic mass is 10.2. The van der Waals surface area contributed by atoms with Crippen molar-refractivity contribution in [3.05, 3.63) is 29.8 Å². The van der Waals surface area contributed by atoms with Crippen LogP contribution in [0.2, 0.25) is 0 Å². The molecule has 1 aliphatic heterocycles. The number of para-hydroxylation sites is 1. The Labute approximate surface area is 198 Å². The normalized spacial score (nSPS) is 14.5. The number of ether oxygens (including phenoxy) is 1. The van der Waals surface area contributed by atoms with Crippen LogP contribution in [0.1, 0.15) is 33.3 Å². The van der Waals surface area contributed by atoms with Gasteiger partial charge >= 0.3 is 0 Å². The number of likely N-dealkylation sites (N-methyl/N-ethyl adjacent to an activating group) is 1. The van der Waals surface area contributed by atoms with E-state index in [-0.39, 0.29) is 29.9 Å². The molecule has 0 spiro atoms. The first-order valence-corrected chi connectivity index (χ1v) is 10.8. The van der Waals surface area contributed by atoms with E-state index in [0.717, 1.165) is 69.6 Å². The zero-order valence-electron chi connectivity index (χ0n) is 18.9. The lowest BCUT2D eigenvalue weighted by molar-refractivity contribution is -0.130. The molecule has 0 saturated carbocycles. The van der Waals surface area contributed by atoms with Crippen LogP contribution in [0, 0.1) is 0 Å². The van der Waals surface area contributed by atoms with Crippen molar-refractivity contribution in [1.29, 1.82) is 0 Å². The molecule has 1 N–H and O–H groups in total. The highest BCUT2D eigenvalue weighted by Gasteiger charge is 2.20. The molecule has 0 atom stereocenters. The third kappa shape index (κ3) is 8.29. The average Bonchev–Trinajstić information content (AvgIpc) is 2.75. The van der Waals surface area contributed by atoms with Gasteiger partial charge in [0.25, 0.3) is 0 Å². The highest BCUT2D eigenvalue weighted by Crippen LogP contribution is 2.19. The minimum atomic E-state index is 0. The molecular weight excluding hydrogens is 493 g/mol. The Hall–Kier alpha value is -1.55. The zero-order chi connectivity index (χ0) is 21.1. The van der Waals surface area contributed by atoms with Gasteiger partial charge < -0.3 is 24.8 Å². The topological polar surface area (TPSA) is 60.4 Å². The smallest absolute Gasteiger partial charge is 0.219 e. The maximum absolute atomic E-state index is 11.6. The number of nitrogens with one attached hydrogen (secondary N) is 1. The molecule has 1 amide bonds. The van der Waals surface area contributed by atoms with E-state index in [2.05, 4.69) is 42.0 Å². The number of nitrogens with zero attached hydrogens (tertiary/aromatic N) is 4. The molecular formula is C22H38IN5O2. The van der Waals surface area contributed by atoms with Crippen LogP contribution < -0.4 is 10.1 Å². The van der Waals surface area contributed by atoms with E-state index < -0.39 is 0 Å². The first-order chi connectivity index (χ1) is 14.1. The highest BCUT2D eigenvalue weighted by atomic mass is 127. The molecule has 0 aliphatic carbocycles. The monoisotopic (exact) mass is 531 g/mol. The Morgan fingerprint density at radius 2 is 1.73 bits per heavy atom. The van der Waals surface area contributed by atoms with Crippen LogP contribution in [0.4, 0.5) is 0 Å². The van der Waals surface area contributed by atoms with Crippen LogP contribution in [0.3, 0.4) is 0 Å². The fourth-order valence-electron chi connectivity index (χ4n) is 3.42. The number of hydrogen-bond donors (Lipinski definition) is 1. The van der Waals surface area contributed by atoms with Gasteiger partial charge in [0.15, 0.2) is 5.96 Å². The summed E-state index contributed by atoms with van der Waals surface area (Å²) in [6.45, 7) is 16.2. The number of halogens is 1. The first-order valence-electron chi connectivity index (χ1n) is 10.8. The second kappa shape index (κ2) is 14.5. The fraction of sp³-hybridized carbons (Fsp3) is 0.636. The summed E-state index contributed by atoms with van der Waals surface area (Å²) in [6, 6.07) is 8.13. The minimum Gasteiger partial charge on any atom is -0.492 e. The summed E-state index contributed by atoms with van der Waals surface area (Å²) < 4.78 is 6.06. The molecule has 8 heteroatoms. The molecule has 1 saturated heterocycles. The van der Waals surface area contributed by atoms with Gasteiger partial charge in [-0.1, -0.05) is 32.0 Å². The SMILES string of the molecule is CCNC(=NCc1ccccc1OCCN(CC)CC)N1CCN(C(C)=O)CC1.I. The highest BCUT2D eigenvalue weighted by molar-refractivity contribution is 14.0. The molecule has 7 nitrogen and oxygen atoms in total. The summed E-state index contributed by atoms with van der Waals surface area (Å²) >= 11 is 0. The van der Waals surface area contributed by atoms with Gasteiger partial charge in [0, 0.05) is 51.8 Å². The van der Waals surface area contributed by atoms with Crippen LogP contribution >= 0.6 is 24.0 Å². The summed E-state index contributed by atoms with van der Waals surface area (Å²) in [5.41, 5.74) is 1.09. The number of guanidine groups is 1. The summed E-state index contributed by atoms with van der Waals surface area (Å²) in [7, 11) is 0. The standard InChI is InChI=1S/C22H37N5O2.HI/c1-5-23-22(27-14-12-26(13-15-27)19(4)28)24-18-20-10-8-9-11-21(20)29-17-16-25(6-2)7-3;/h8-11H,5-7,12-18H2,1-4H3,(H,23,24);1H. The molecule has 1 fully saturated rings. The van der Waals surface area contributed by atoms with E-state index in [1.165, 1.54) is 0 Å². The molecule has 2 rings (SSSR count). The van der Waals surface area contributed by atoms with E-state index in [4.69, 9.17) is 9.73 Å². The van der Waals surface area contributed by atoms with Crippen molar-refractivity contribution in [2.45, 2.75) is 34.2 Å². The molecule has 1 heterocycles. The number of amides is 1. The largest absolute Gasteiger partial charge is 0.492 e. The summed E-state index contributed by atoms with van der Waals surface area (Å²) in [5, 5.41) is 3.38. The number of benzene rings is 1. The second-order valence-electron chi connectivity index (χ2n) is 7.15. The number of carbonyl (C=O) groups is 1. The second-order valence-corrected chi connectivity index (χ2v) is 7.15. The number of hydrogen-bond acceptors (Lipinski definition) is 4. The van der Waals surface area contributed by atoms with Crippen LogP contribution in [0.25, 0.3) is 0 Å². The predicted molar refractivity (Wildman–Crippen MR) is 134 cm³/mol. The van der Waals surface area contributed by atoms with Gasteiger partial charge in [-0.05, 0) is 26.1 Å². The Balaban J connectivity index is 0.00000450. The first kappa shape index (κ1) is 26.5.